The number of amides is 1. The van der Waals surface area contributed by atoms with Crippen LogP contribution in [-0.4, -0.2) is 67.5 Å². The molecule has 1 aliphatic rings. The lowest BCUT2D eigenvalue weighted by molar-refractivity contribution is -0.129. The van der Waals surface area contributed by atoms with Crippen LogP contribution in [0.2, 0.25) is 0 Å². The van der Waals surface area contributed by atoms with Crippen molar-refractivity contribution < 1.29 is 4.79 Å². The third kappa shape index (κ3) is 6.67. The number of likely N-dealkylation sites (tertiary alicyclic amines) is 1. The Kier molecular flexibility index (Phi) is 8.41. The van der Waals surface area contributed by atoms with Crippen LogP contribution in [0, 0.1) is 0 Å². The van der Waals surface area contributed by atoms with Crippen molar-refractivity contribution >= 4 is 11.9 Å². The van der Waals surface area contributed by atoms with Crippen molar-refractivity contribution in [3.05, 3.63) is 35.9 Å². The average Bonchev–Trinajstić information content (AvgIpc) is 3.10. The fraction of sp³-hybridized carbons (Fsp3) is 0.600. The molecule has 1 unspecified atom stereocenters. The molecule has 0 spiro atoms. The molecule has 0 aliphatic carbocycles. The summed E-state index contributed by atoms with van der Waals surface area (Å²) >= 11 is 0. The zero-order valence-corrected chi connectivity index (χ0v) is 16.4. The van der Waals surface area contributed by atoms with Crippen LogP contribution in [0.4, 0.5) is 0 Å². The van der Waals surface area contributed by atoms with Gasteiger partial charge in [0.05, 0.1) is 6.54 Å². The van der Waals surface area contributed by atoms with Gasteiger partial charge in [0.1, 0.15) is 0 Å². The minimum absolute atomic E-state index is 0.235. The van der Waals surface area contributed by atoms with Crippen LogP contribution in [0.25, 0.3) is 0 Å². The maximum atomic E-state index is 11.8. The molecule has 0 saturated carbocycles. The van der Waals surface area contributed by atoms with E-state index in [1.54, 1.807) is 0 Å². The SMILES string of the molecule is CCNC(=NCCN(C)Cc1ccccc1)NC1CCN(C(=O)CC)C1. The number of likely N-dealkylation sites (N-methyl/N-ethyl adjacent to an activating group) is 1. The van der Waals surface area contributed by atoms with E-state index in [0.717, 1.165) is 51.6 Å². The lowest BCUT2D eigenvalue weighted by Gasteiger charge is -2.19. The van der Waals surface area contributed by atoms with Gasteiger partial charge in [0.25, 0.3) is 0 Å². The molecule has 1 saturated heterocycles. The van der Waals surface area contributed by atoms with Crippen LogP contribution in [-0.2, 0) is 11.3 Å². The Labute approximate surface area is 157 Å². The Balaban J connectivity index is 1.78. The van der Waals surface area contributed by atoms with Crippen molar-refractivity contribution in [2.75, 3.05) is 39.8 Å². The second-order valence-corrected chi connectivity index (χ2v) is 6.81. The molecule has 6 heteroatoms. The highest BCUT2D eigenvalue weighted by molar-refractivity contribution is 5.80. The summed E-state index contributed by atoms with van der Waals surface area (Å²) in [6, 6.07) is 10.8. The molecule has 2 rings (SSSR count). The van der Waals surface area contributed by atoms with Gasteiger partial charge in [-0.05, 0) is 26.0 Å². The Morgan fingerprint density at radius 1 is 1.31 bits per heavy atom. The third-order valence-electron chi connectivity index (χ3n) is 4.58. The summed E-state index contributed by atoms with van der Waals surface area (Å²) in [5.74, 6) is 1.08. The van der Waals surface area contributed by atoms with Gasteiger partial charge in [0.15, 0.2) is 5.96 Å². The van der Waals surface area contributed by atoms with Gasteiger partial charge in [-0.3, -0.25) is 9.79 Å². The lowest BCUT2D eigenvalue weighted by atomic mass is 10.2. The zero-order valence-electron chi connectivity index (χ0n) is 16.4. The summed E-state index contributed by atoms with van der Waals surface area (Å²) in [7, 11) is 2.12. The first-order valence-corrected chi connectivity index (χ1v) is 9.67. The number of carbonyl (C=O) groups is 1. The van der Waals surface area contributed by atoms with Crippen molar-refractivity contribution in [1.29, 1.82) is 0 Å². The van der Waals surface area contributed by atoms with Gasteiger partial charge in [-0.1, -0.05) is 37.3 Å². The largest absolute Gasteiger partial charge is 0.357 e. The number of nitrogens with zero attached hydrogens (tertiary/aromatic N) is 3. The molecule has 0 aromatic heterocycles. The molecule has 1 aromatic rings. The van der Waals surface area contributed by atoms with Gasteiger partial charge in [0.2, 0.25) is 5.91 Å². The van der Waals surface area contributed by atoms with Gasteiger partial charge < -0.3 is 20.4 Å². The molecule has 0 radical (unpaired) electrons. The van der Waals surface area contributed by atoms with Crippen LogP contribution in [0.15, 0.2) is 35.3 Å². The van der Waals surface area contributed by atoms with Gasteiger partial charge >= 0.3 is 0 Å². The van der Waals surface area contributed by atoms with Crippen LogP contribution >= 0.6 is 0 Å². The normalized spacial score (nSPS) is 17.6. The summed E-state index contributed by atoms with van der Waals surface area (Å²) < 4.78 is 0. The molecule has 1 heterocycles. The van der Waals surface area contributed by atoms with Crippen molar-refractivity contribution in [2.45, 2.75) is 39.3 Å². The molecule has 1 amide bonds. The van der Waals surface area contributed by atoms with E-state index in [9.17, 15) is 4.79 Å². The fourth-order valence-corrected chi connectivity index (χ4v) is 3.15. The van der Waals surface area contributed by atoms with E-state index in [-0.39, 0.29) is 11.9 Å². The van der Waals surface area contributed by atoms with Gasteiger partial charge in [-0.15, -0.1) is 0 Å². The molecule has 1 fully saturated rings. The minimum atomic E-state index is 0.235. The minimum Gasteiger partial charge on any atom is -0.357 e. The molecule has 0 bridgehead atoms. The second-order valence-electron chi connectivity index (χ2n) is 6.81. The summed E-state index contributed by atoms with van der Waals surface area (Å²) in [6.45, 7) is 8.99. The number of guanidine groups is 1. The highest BCUT2D eigenvalue weighted by atomic mass is 16.2. The highest BCUT2D eigenvalue weighted by Gasteiger charge is 2.25. The number of hydrogen-bond acceptors (Lipinski definition) is 3. The monoisotopic (exact) mass is 359 g/mol. The van der Waals surface area contributed by atoms with Crippen molar-refractivity contribution in [2.24, 2.45) is 4.99 Å². The Bertz CT molecular complexity index is 575. The second kappa shape index (κ2) is 10.8. The van der Waals surface area contributed by atoms with E-state index in [2.05, 4.69) is 53.8 Å². The molecule has 144 valence electrons. The van der Waals surface area contributed by atoms with E-state index in [1.807, 2.05) is 17.9 Å². The maximum Gasteiger partial charge on any atom is 0.222 e. The first-order chi connectivity index (χ1) is 12.6. The van der Waals surface area contributed by atoms with Crippen LogP contribution < -0.4 is 10.6 Å². The average molecular weight is 360 g/mol. The summed E-state index contributed by atoms with van der Waals surface area (Å²) in [6.07, 6.45) is 1.55. The molecular formula is C20H33N5O. The van der Waals surface area contributed by atoms with Crippen LogP contribution in [0.5, 0.6) is 0 Å². The standard InChI is InChI=1S/C20H33N5O/c1-4-19(26)25-13-11-18(16-25)23-20(21-5-2)22-12-14-24(3)15-17-9-7-6-8-10-17/h6-10,18H,4-5,11-16H2,1-3H3,(H2,21,22,23). The summed E-state index contributed by atoms with van der Waals surface area (Å²) in [5, 5.41) is 6.78. The smallest absolute Gasteiger partial charge is 0.222 e. The maximum absolute atomic E-state index is 11.8. The quantitative estimate of drug-likeness (QED) is 0.548. The van der Waals surface area contributed by atoms with Crippen LogP contribution in [0.1, 0.15) is 32.3 Å². The molecule has 1 aromatic carbocycles. The molecule has 2 N–H and O–H groups in total. The van der Waals surface area contributed by atoms with E-state index in [0.29, 0.717) is 6.42 Å². The number of nitrogens with one attached hydrogen (secondary N) is 2. The number of carbonyl (C=O) groups excluding carboxylic acids is 1. The first-order valence-electron chi connectivity index (χ1n) is 9.67. The van der Waals surface area contributed by atoms with E-state index >= 15 is 0 Å². The molecule has 1 aliphatic heterocycles. The summed E-state index contributed by atoms with van der Waals surface area (Å²) in [4.78, 5) is 20.7. The van der Waals surface area contributed by atoms with Gasteiger partial charge in [-0.25, -0.2) is 0 Å². The Morgan fingerprint density at radius 2 is 2.08 bits per heavy atom. The van der Waals surface area contributed by atoms with Gasteiger partial charge in [0, 0.05) is 45.2 Å². The molecule has 26 heavy (non-hydrogen) atoms. The third-order valence-corrected chi connectivity index (χ3v) is 4.58. The number of aliphatic imine (C=N–C) groups is 1. The van der Waals surface area contributed by atoms with E-state index in [4.69, 9.17) is 4.99 Å². The number of rotatable bonds is 8. The van der Waals surface area contributed by atoms with Crippen LogP contribution in [0.3, 0.4) is 0 Å². The number of benzene rings is 1. The van der Waals surface area contributed by atoms with Crippen molar-refractivity contribution in [3.63, 3.8) is 0 Å². The lowest BCUT2D eigenvalue weighted by Crippen LogP contribution is -2.45. The Morgan fingerprint density at radius 3 is 2.77 bits per heavy atom. The molecule has 6 nitrogen and oxygen atoms in total. The van der Waals surface area contributed by atoms with Crippen molar-refractivity contribution in [3.8, 4) is 0 Å². The highest BCUT2D eigenvalue weighted by Crippen LogP contribution is 2.10. The van der Waals surface area contributed by atoms with Crippen molar-refractivity contribution in [1.82, 2.24) is 20.4 Å². The predicted octanol–water partition coefficient (Wildman–Crippen LogP) is 1.68. The van der Waals surface area contributed by atoms with E-state index < -0.39 is 0 Å². The topological polar surface area (TPSA) is 60.0 Å². The zero-order chi connectivity index (χ0) is 18.8. The Hall–Kier alpha value is -2.08. The first kappa shape index (κ1) is 20.2. The predicted molar refractivity (Wildman–Crippen MR) is 107 cm³/mol. The van der Waals surface area contributed by atoms with E-state index in [1.165, 1.54) is 5.56 Å². The van der Waals surface area contributed by atoms with Gasteiger partial charge in [-0.2, -0.15) is 0 Å². The molecule has 1 atom stereocenters. The molecular weight excluding hydrogens is 326 g/mol. The fourth-order valence-electron chi connectivity index (χ4n) is 3.15. The summed E-state index contributed by atoms with van der Waals surface area (Å²) in [5.41, 5.74) is 1.32. The number of hydrogen-bond donors (Lipinski definition) is 2.